The Morgan fingerprint density at radius 1 is 0.827 bits per heavy atom. The molecule has 7 N–H and O–H groups in total. The number of allylic oxidation sites excluding steroid dienone is 6. The van der Waals surface area contributed by atoms with Crippen LogP contribution in [-0.2, 0) is 47.7 Å². The number of ketones is 3. The van der Waals surface area contributed by atoms with E-state index >= 15 is 0 Å². The molecule has 75 heavy (non-hydrogen) atoms. The Kier molecular flexibility index (Phi) is 25.6. The zero-order valence-electron chi connectivity index (χ0n) is 46.1. The van der Waals surface area contributed by atoms with E-state index in [2.05, 4.69) is 0 Å². The van der Waals surface area contributed by atoms with Crippen LogP contribution < -0.4 is 0 Å². The number of Topliss-reactive ketones (excluding diaryl/α,β-unsaturated/α-hetero) is 3. The fourth-order valence-corrected chi connectivity index (χ4v) is 11.0. The average Bonchev–Trinajstić information content (AvgIpc) is 3.39. The van der Waals surface area contributed by atoms with Gasteiger partial charge in [0.2, 0.25) is 5.79 Å². The van der Waals surface area contributed by atoms with E-state index in [9.17, 15) is 59.7 Å². The summed E-state index contributed by atoms with van der Waals surface area (Å²) in [6.45, 7) is 13.4. The van der Waals surface area contributed by atoms with Gasteiger partial charge in [0.05, 0.1) is 37.1 Å². The van der Waals surface area contributed by atoms with Gasteiger partial charge in [-0.1, -0.05) is 78.0 Å². The van der Waals surface area contributed by atoms with E-state index < -0.39 is 121 Å². The number of ether oxygens (including phenoxy) is 5. The van der Waals surface area contributed by atoms with E-state index in [4.69, 9.17) is 23.7 Å². The Hall–Kier alpha value is -3.53. The molecular formula is C57H91NO17. The Balaban J connectivity index is 1.73. The number of hydrogen-bond donors (Lipinski definition) is 7. The predicted octanol–water partition coefficient (Wildman–Crippen LogP) is 4.40. The molecular weight excluding hydrogens is 971 g/mol. The molecule has 3 heterocycles. The van der Waals surface area contributed by atoms with Crippen molar-refractivity contribution >= 4 is 29.2 Å². The summed E-state index contributed by atoms with van der Waals surface area (Å²) in [5, 5.41) is 76.2. The van der Waals surface area contributed by atoms with Gasteiger partial charge in [0, 0.05) is 51.4 Å². The Bertz CT molecular complexity index is 2000. The van der Waals surface area contributed by atoms with Crippen molar-refractivity contribution in [1.82, 2.24) is 4.90 Å². The molecule has 4 aliphatic rings. The molecule has 0 spiro atoms. The molecule has 2 saturated heterocycles. The van der Waals surface area contributed by atoms with E-state index in [1.54, 1.807) is 73.0 Å². The highest BCUT2D eigenvalue weighted by molar-refractivity contribution is 6.39. The van der Waals surface area contributed by atoms with Crippen LogP contribution in [0.25, 0.3) is 0 Å². The molecule has 0 aromatic heterocycles. The van der Waals surface area contributed by atoms with Crippen molar-refractivity contribution in [2.24, 2.45) is 35.5 Å². The standard InChI is InChI=1S/C57H91NO17/c1-11-42(59)51(65)52(66)45(62)31-73-46-29-40-22-20-38(8)57(70,75-40)54(67)55(68)58-24-16-15-19-41(58)56(69)74-47(35(5)27-39-21-23-43(60)48(28-39)71-9)30-44(61)34(4)26-37(7)50(64)53(72-10)49(63)36(6)25-32(2)17-13-12-14-18-33(46)3/h12-14,17-18,26,32,34-36,38-43,45-48,50-53,59-60,62,64-66,70H,11,15-16,19-25,27-31H2,1-10H3/b14-12+,17-13+,33-18+,37-26+/t32-,34-,35-,36-,38-,39+,40+,41+,42?,43-,45?,46+,47+,48-,50-,51?,52?,53+,57-/m1/s1. The third-order valence-electron chi connectivity index (χ3n) is 16.2. The largest absolute Gasteiger partial charge is 0.460 e. The summed E-state index contributed by atoms with van der Waals surface area (Å²) in [6, 6.07) is -1.23. The second kappa shape index (κ2) is 30.0. The van der Waals surface area contributed by atoms with E-state index in [0.29, 0.717) is 62.5 Å². The third-order valence-corrected chi connectivity index (χ3v) is 16.2. The van der Waals surface area contributed by atoms with Gasteiger partial charge in [-0.3, -0.25) is 19.2 Å². The normalized spacial score (nSPS) is 38.4. The number of rotatable bonds is 12. The van der Waals surface area contributed by atoms with Crippen LogP contribution in [0.4, 0.5) is 0 Å². The highest BCUT2D eigenvalue weighted by Crippen LogP contribution is 2.38. The van der Waals surface area contributed by atoms with Crippen LogP contribution in [-0.4, -0.2) is 176 Å². The molecule has 1 aliphatic carbocycles. The van der Waals surface area contributed by atoms with Crippen LogP contribution in [0.3, 0.4) is 0 Å². The minimum Gasteiger partial charge on any atom is -0.460 e. The quantitative estimate of drug-likeness (QED) is 0.0810. The first-order chi connectivity index (χ1) is 35.4. The van der Waals surface area contributed by atoms with Crippen molar-refractivity contribution in [2.45, 2.75) is 218 Å². The van der Waals surface area contributed by atoms with Gasteiger partial charge in [0.15, 0.2) is 5.78 Å². The number of nitrogens with zero attached hydrogens (tertiary/aromatic N) is 1. The first-order valence-corrected chi connectivity index (χ1v) is 27.4. The zero-order chi connectivity index (χ0) is 55.9. The lowest BCUT2D eigenvalue weighted by molar-refractivity contribution is -0.266. The molecule has 3 aliphatic heterocycles. The maximum absolute atomic E-state index is 14.5. The number of methoxy groups -OCH3 is 2. The van der Waals surface area contributed by atoms with Gasteiger partial charge in [-0.25, -0.2) is 4.79 Å². The molecule has 2 bridgehead atoms. The minimum atomic E-state index is -2.61. The van der Waals surface area contributed by atoms with Crippen LogP contribution in [0.15, 0.2) is 47.6 Å². The lowest BCUT2D eigenvalue weighted by Crippen LogP contribution is -2.61. The summed E-state index contributed by atoms with van der Waals surface area (Å²) in [7, 11) is 2.89. The smallest absolute Gasteiger partial charge is 0.329 e. The van der Waals surface area contributed by atoms with Gasteiger partial charge in [-0.15, -0.1) is 0 Å². The number of carbonyl (C=O) groups is 5. The maximum atomic E-state index is 14.5. The van der Waals surface area contributed by atoms with Crippen molar-refractivity contribution in [2.75, 3.05) is 27.4 Å². The lowest BCUT2D eigenvalue weighted by Gasteiger charge is -2.43. The summed E-state index contributed by atoms with van der Waals surface area (Å²) in [4.78, 5) is 72.6. The SMILES string of the molecule is CCC(O)C(O)C(O)C(O)CO[C@H]1C[C@@H]2CC[C@@H](C)[C@@](O)(O2)C(=O)C(=O)N2CCCC[C@H]2C(=O)O[C@H]([C@H](C)C[C@@H]2CC[C@@H](O)[C@H](OC)C2)CC(=O)[C@H](C)/C=C(\C)[C@@H](O)[C@@H](OC)C(=O)[C@H](C)C[C@H](C)/C=C/C=C/C=C/1C. The van der Waals surface area contributed by atoms with Gasteiger partial charge < -0.3 is 64.3 Å². The molecule has 1 saturated carbocycles. The zero-order valence-corrected chi connectivity index (χ0v) is 46.1. The van der Waals surface area contributed by atoms with Crippen LogP contribution in [0.5, 0.6) is 0 Å². The monoisotopic (exact) mass is 1060 g/mol. The number of aliphatic hydroxyl groups is 7. The van der Waals surface area contributed by atoms with Crippen molar-refractivity contribution < 1.29 is 83.4 Å². The average molecular weight is 1060 g/mol. The van der Waals surface area contributed by atoms with Gasteiger partial charge >= 0.3 is 5.97 Å². The molecule has 18 heteroatoms. The number of amides is 1. The maximum Gasteiger partial charge on any atom is 0.329 e. The number of fused-ring (bicyclic) bond motifs is 3. The summed E-state index contributed by atoms with van der Waals surface area (Å²) in [6.07, 6.45) is 2.33. The Labute approximate surface area is 444 Å². The minimum absolute atomic E-state index is 0.00699. The van der Waals surface area contributed by atoms with Gasteiger partial charge in [-0.05, 0) is 113 Å². The van der Waals surface area contributed by atoms with Crippen LogP contribution >= 0.6 is 0 Å². The predicted molar refractivity (Wildman–Crippen MR) is 278 cm³/mol. The van der Waals surface area contributed by atoms with E-state index in [1.165, 1.54) is 7.11 Å². The second-order valence-corrected chi connectivity index (χ2v) is 22.2. The van der Waals surface area contributed by atoms with Crippen molar-refractivity contribution in [1.29, 1.82) is 0 Å². The fourth-order valence-electron chi connectivity index (χ4n) is 11.0. The number of hydrogen-bond acceptors (Lipinski definition) is 17. The number of cyclic esters (lactones) is 1. The molecule has 18 nitrogen and oxygen atoms in total. The summed E-state index contributed by atoms with van der Waals surface area (Å²) in [5.41, 5.74) is 0.961. The van der Waals surface area contributed by atoms with Crippen LogP contribution in [0.1, 0.15) is 139 Å². The summed E-state index contributed by atoms with van der Waals surface area (Å²) in [5.74, 6) is -8.98. The summed E-state index contributed by atoms with van der Waals surface area (Å²) < 4.78 is 29.8. The van der Waals surface area contributed by atoms with Crippen molar-refractivity contribution in [3.63, 3.8) is 0 Å². The molecule has 0 radical (unpaired) electrons. The first kappa shape index (κ1) is 64.0. The summed E-state index contributed by atoms with van der Waals surface area (Å²) >= 11 is 0. The van der Waals surface area contributed by atoms with E-state index in [1.807, 2.05) is 26.0 Å². The highest BCUT2D eigenvalue weighted by Gasteiger charge is 2.53. The first-order valence-electron chi connectivity index (χ1n) is 27.4. The van der Waals surface area contributed by atoms with Crippen LogP contribution in [0.2, 0.25) is 0 Å². The van der Waals surface area contributed by atoms with Gasteiger partial charge in [0.25, 0.3) is 11.7 Å². The molecule has 4 rings (SSSR count). The Morgan fingerprint density at radius 3 is 2.19 bits per heavy atom. The second-order valence-electron chi connectivity index (χ2n) is 22.2. The van der Waals surface area contributed by atoms with Gasteiger partial charge in [0.1, 0.15) is 48.4 Å². The topological polar surface area (TPSA) is 276 Å². The van der Waals surface area contributed by atoms with Crippen LogP contribution in [0, 0.1) is 35.5 Å². The number of aliphatic hydroxyl groups excluding tert-OH is 6. The van der Waals surface area contributed by atoms with E-state index in [0.717, 1.165) is 4.90 Å². The van der Waals surface area contributed by atoms with Gasteiger partial charge in [-0.2, -0.15) is 0 Å². The fraction of sp³-hybridized carbons (Fsp3) is 0.772. The van der Waals surface area contributed by atoms with Crippen molar-refractivity contribution in [3.8, 4) is 0 Å². The number of carbonyl (C=O) groups excluding carboxylic acids is 5. The lowest BCUT2D eigenvalue weighted by atomic mass is 9.78. The molecule has 3 fully saturated rings. The number of esters is 1. The molecule has 0 aromatic carbocycles. The molecule has 0 aromatic rings. The third kappa shape index (κ3) is 17.5. The molecule has 19 atom stereocenters. The number of piperidine rings is 1. The molecule has 1 amide bonds. The molecule has 426 valence electrons. The van der Waals surface area contributed by atoms with E-state index in [-0.39, 0.29) is 68.2 Å². The van der Waals surface area contributed by atoms with Crippen molar-refractivity contribution in [3.05, 3.63) is 47.6 Å². The Morgan fingerprint density at radius 2 is 1.52 bits per heavy atom. The highest BCUT2D eigenvalue weighted by atomic mass is 16.6. The molecule has 4 unspecified atom stereocenters.